The van der Waals surface area contributed by atoms with Crippen LogP contribution in [0.3, 0.4) is 0 Å². The number of nitriles is 2. The summed E-state index contributed by atoms with van der Waals surface area (Å²) in [5.41, 5.74) is -0.701. The Hall–Kier alpha value is -2.40. The van der Waals surface area contributed by atoms with Crippen molar-refractivity contribution in [2.45, 2.75) is 19.3 Å². The Bertz CT molecular complexity index is 485. The van der Waals surface area contributed by atoms with E-state index in [1.807, 2.05) is 12.1 Å². The molecule has 5 nitrogen and oxygen atoms in total. The van der Waals surface area contributed by atoms with Crippen LogP contribution < -0.4 is 0 Å². The highest BCUT2D eigenvalue weighted by molar-refractivity contribution is 5.30. The van der Waals surface area contributed by atoms with E-state index < -0.39 is 22.8 Å². The van der Waals surface area contributed by atoms with Crippen molar-refractivity contribution in [1.82, 2.24) is 0 Å². The summed E-state index contributed by atoms with van der Waals surface area (Å²) < 4.78 is 0. The van der Waals surface area contributed by atoms with E-state index in [1.165, 1.54) is 0 Å². The highest BCUT2D eigenvalue weighted by Crippen LogP contribution is 2.38. The lowest BCUT2D eigenvalue weighted by atomic mass is 9.72. The van der Waals surface area contributed by atoms with E-state index in [-0.39, 0.29) is 6.42 Å². The van der Waals surface area contributed by atoms with Gasteiger partial charge in [-0.1, -0.05) is 37.3 Å². The standard InChI is InChI=1S/C13H13N3O2/c1-2-13(9-14,10-15)12(8-16(17)18)11-6-4-3-5-7-11/h3-7,12H,2,8H2,1H3/t12-/m0/s1. The van der Waals surface area contributed by atoms with Gasteiger partial charge in [0, 0.05) is 4.92 Å². The van der Waals surface area contributed by atoms with E-state index in [0.29, 0.717) is 5.56 Å². The topological polar surface area (TPSA) is 90.7 Å². The van der Waals surface area contributed by atoms with Crippen molar-refractivity contribution < 1.29 is 4.92 Å². The fourth-order valence-electron chi connectivity index (χ4n) is 1.97. The maximum Gasteiger partial charge on any atom is 0.213 e. The van der Waals surface area contributed by atoms with Crippen molar-refractivity contribution in [3.05, 3.63) is 46.0 Å². The predicted molar refractivity (Wildman–Crippen MR) is 65.0 cm³/mol. The van der Waals surface area contributed by atoms with Crippen molar-refractivity contribution >= 4 is 0 Å². The van der Waals surface area contributed by atoms with E-state index in [4.69, 9.17) is 0 Å². The molecule has 1 atom stereocenters. The molecule has 0 N–H and O–H groups in total. The summed E-state index contributed by atoms with van der Waals surface area (Å²) in [5.74, 6) is -0.714. The van der Waals surface area contributed by atoms with Crippen LogP contribution in [0.5, 0.6) is 0 Å². The normalized spacial score (nSPS) is 12.2. The largest absolute Gasteiger partial charge is 0.265 e. The molecule has 0 aliphatic carbocycles. The maximum atomic E-state index is 10.8. The highest BCUT2D eigenvalue weighted by Gasteiger charge is 2.42. The molecule has 0 bridgehead atoms. The smallest absolute Gasteiger partial charge is 0.213 e. The van der Waals surface area contributed by atoms with Crippen LogP contribution in [0.1, 0.15) is 24.8 Å². The summed E-state index contributed by atoms with van der Waals surface area (Å²) in [7, 11) is 0. The van der Waals surface area contributed by atoms with E-state index in [0.717, 1.165) is 0 Å². The van der Waals surface area contributed by atoms with Crippen LogP contribution in [-0.4, -0.2) is 11.5 Å². The zero-order valence-corrected chi connectivity index (χ0v) is 10.0. The van der Waals surface area contributed by atoms with Crippen LogP contribution >= 0.6 is 0 Å². The van der Waals surface area contributed by atoms with Gasteiger partial charge in [0.15, 0.2) is 5.41 Å². The van der Waals surface area contributed by atoms with Gasteiger partial charge >= 0.3 is 0 Å². The second-order valence-electron chi connectivity index (χ2n) is 4.03. The maximum absolute atomic E-state index is 10.8. The van der Waals surface area contributed by atoms with Gasteiger partial charge < -0.3 is 0 Å². The third-order valence-electron chi connectivity index (χ3n) is 3.09. The summed E-state index contributed by atoms with van der Waals surface area (Å²) >= 11 is 0. The van der Waals surface area contributed by atoms with E-state index in [2.05, 4.69) is 0 Å². The molecule has 0 heterocycles. The van der Waals surface area contributed by atoms with Crippen LogP contribution in [0.15, 0.2) is 30.3 Å². The molecule has 5 heteroatoms. The Morgan fingerprint density at radius 3 is 2.28 bits per heavy atom. The lowest BCUT2D eigenvalue weighted by Crippen LogP contribution is -2.30. The van der Waals surface area contributed by atoms with Gasteiger partial charge in [-0.2, -0.15) is 10.5 Å². The lowest BCUT2D eigenvalue weighted by molar-refractivity contribution is -0.485. The van der Waals surface area contributed by atoms with Crippen molar-refractivity contribution in [3.8, 4) is 12.1 Å². The number of hydrogen-bond acceptors (Lipinski definition) is 4. The monoisotopic (exact) mass is 243 g/mol. The van der Waals surface area contributed by atoms with Gasteiger partial charge in [-0.25, -0.2) is 0 Å². The lowest BCUT2D eigenvalue weighted by Gasteiger charge is -2.25. The molecule has 92 valence electrons. The molecule has 18 heavy (non-hydrogen) atoms. The van der Waals surface area contributed by atoms with Crippen molar-refractivity contribution in [3.63, 3.8) is 0 Å². The molecular weight excluding hydrogens is 230 g/mol. The predicted octanol–water partition coefficient (Wildman–Crippen LogP) is 2.49. The second-order valence-corrected chi connectivity index (χ2v) is 4.03. The average Bonchev–Trinajstić information content (AvgIpc) is 2.40. The minimum absolute atomic E-state index is 0.257. The molecule has 1 aromatic rings. The van der Waals surface area contributed by atoms with Crippen LogP contribution in [0.25, 0.3) is 0 Å². The number of benzene rings is 1. The molecule has 1 aromatic carbocycles. The third-order valence-corrected chi connectivity index (χ3v) is 3.09. The Labute approximate surface area is 105 Å². The molecule has 0 spiro atoms. The van der Waals surface area contributed by atoms with Crippen LogP contribution in [0.2, 0.25) is 0 Å². The first kappa shape index (κ1) is 13.7. The number of nitro groups is 1. The second kappa shape index (κ2) is 5.79. The first-order chi connectivity index (χ1) is 8.59. The first-order valence-corrected chi connectivity index (χ1v) is 5.59. The van der Waals surface area contributed by atoms with E-state index in [9.17, 15) is 20.6 Å². The Kier molecular flexibility index (Phi) is 4.39. The van der Waals surface area contributed by atoms with Crippen molar-refractivity contribution in [2.24, 2.45) is 5.41 Å². The molecule has 0 fully saturated rings. The molecule has 0 aromatic heterocycles. The Morgan fingerprint density at radius 1 is 1.33 bits per heavy atom. The van der Waals surface area contributed by atoms with Crippen LogP contribution in [0.4, 0.5) is 0 Å². The van der Waals surface area contributed by atoms with Crippen LogP contribution in [0, 0.1) is 38.2 Å². The average molecular weight is 243 g/mol. The van der Waals surface area contributed by atoms with Gasteiger partial charge in [-0.15, -0.1) is 0 Å². The summed E-state index contributed by atoms with van der Waals surface area (Å²) in [4.78, 5) is 10.3. The van der Waals surface area contributed by atoms with Crippen molar-refractivity contribution in [1.29, 1.82) is 10.5 Å². The molecule has 0 saturated carbocycles. The molecule has 0 radical (unpaired) electrons. The first-order valence-electron chi connectivity index (χ1n) is 5.59. The van der Waals surface area contributed by atoms with Gasteiger partial charge in [-0.05, 0) is 12.0 Å². The molecule has 0 aliphatic heterocycles. The zero-order chi connectivity index (χ0) is 13.6. The fourth-order valence-corrected chi connectivity index (χ4v) is 1.97. The number of hydrogen-bond donors (Lipinski definition) is 0. The summed E-state index contributed by atoms with van der Waals surface area (Å²) in [6.45, 7) is 1.28. The number of nitrogens with zero attached hydrogens (tertiary/aromatic N) is 3. The van der Waals surface area contributed by atoms with Gasteiger partial charge in [0.2, 0.25) is 6.54 Å². The van der Waals surface area contributed by atoms with E-state index >= 15 is 0 Å². The quantitative estimate of drug-likeness (QED) is 0.586. The molecule has 0 unspecified atom stereocenters. The molecular formula is C13H13N3O2. The minimum atomic E-state index is -1.35. The molecule has 0 amide bonds. The van der Waals surface area contributed by atoms with Gasteiger partial charge in [0.05, 0.1) is 18.1 Å². The van der Waals surface area contributed by atoms with Gasteiger partial charge in [0.1, 0.15) is 0 Å². The van der Waals surface area contributed by atoms with Gasteiger partial charge in [0.25, 0.3) is 0 Å². The Morgan fingerprint density at radius 2 is 1.89 bits per heavy atom. The third kappa shape index (κ3) is 2.64. The molecule has 0 saturated heterocycles. The molecule has 1 rings (SSSR count). The summed E-state index contributed by atoms with van der Waals surface area (Å²) in [5, 5.41) is 29.2. The zero-order valence-electron chi connectivity index (χ0n) is 10.0. The summed E-state index contributed by atoms with van der Waals surface area (Å²) in [6, 6.07) is 12.6. The highest BCUT2D eigenvalue weighted by atomic mass is 16.6. The fraction of sp³-hybridized carbons (Fsp3) is 0.385. The SMILES string of the molecule is CCC(C#N)(C#N)[C@@H](C[N+](=O)[O-])c1ccccc1. The van der Waals surface area contributed by atoms with Crippen molar-refractivity contribution in [2.75, 3.05) is 6.54 Å². The van der Waals surface area contributed by atoms with Crippen LogP contribution in [-0.2, 0) is 0 Å². The number of rotatable bonds is 5. The molecule has 0 aliphatic rings. The van der Waals surface area contributed by atoms with E-state index in [1.54, 1.807) is 37.3 Å². The minimum Gasteiger partial charge on any atom is -0.265 e. The Balaban J connectivity index is 3.27. The summed E-state index contributed by atoms with van der Waals surface area (Å²) in [6.07, 6.45) is 0.257. The van der Waals surface area contributed by atoms with Gasteiger partial charge in [-0.3, -0.25) is 10.1 Å².